The van der Waals surface area contributed by atoms with Crippen LogP contribution in [-0.2, 0) is 4.79 Å². The number of carbonyl (C=O) groups excluding carboxylic acids is 1. The van der Waals surface area contributed by atoms with Gasteiger partial charge in [-0.2, -0.15) is 0 Å². The fourth-order valence-corrected chi connectivity index (χ4v) is 4.84. The van der Waals surface area contributed by atoms with E-state index in [-0.39, 0.29) is 29.6 Å². The van der Waals surface area contributed by atoms with E-state index in [4.69, 9.17) is 11.6 Å². The molecule has 1 amide bonds. The van der Waals surface area contributed by atoms with Crippen molar-refractivity contribution >= 4 is 29.3 Å². The zero-order valence-corrected chi connectivity index (χ0v) is 14.5. The molecule has 2 aliphatic rings. The van der Waals surface area contributed by atoms with Gasteiger partial charge >= 0.3 is 0 Å². The van der Waals surface area contributed by atoms with Gasteiger partial charge in [0.05, 0.1) is 6.04 Å². The molecule has 0 spiro atoms. The highest BCUT2D eigenvalue weighted by Gasteiger charge is 2.45. The quantitative estimate of drug-likeness (QED) is 0.839. The number of hydrogen-bond acceptors (Lipinski definition) is 2. The maximum absolute atomic E-state index is 13.9. The lowest BCUT2D eigenvalue weighted by atomic mass is 10.0. The summed E-state index contributed by atoms with van der Waals surface area (Å²) in [6.45, 7) is 0. The van der Waals surface area contributed by atoms with E-state index in [9.17, 15) is 9.18 Å². The first kappa shape index (κ1) is 16.0. The van der Waals surface area contributed by atoms with E-state index in [1.807, 2.05) is 30.3 Å². The summed E-state index contributed by atoms with van der Waals surface area (Å²) in [7, 11) is 0. The normalized spacial score (nSPS) is 25.0. The van der Waals surface area contributed by atoms with Crippen molar-refractivity contribution in [3.05, 3.63) is 64.4 Å². The second-order valence-corrected chi connectivity index (χ2v) is 7.84. The summed E-state index contributed by atoms with van der Waals surface area (Å²) in [6, 6.07) is 12.7. The van der Waals surface area contributed by atoms with Crippen LogP contribution in [0.25, 0.3) is 0 Å². The third-order valence-electron chi connectivity index (χ3n) is 4.77. The Hall–Kier alpha value is -1.52. The largest absolute Gasteiger partial charge is 0.349 e. The Kier molecular flexibility index (Phi) is 4.27. The number of hydrogen-bond donors (Lipinski definition) is 1. The van der Waals surface area contributed by atoms with E-state index < -0.39 is 0 Å². The molecule has 0 bridgehead atoms. The van der Waals surface area contributed by atoms with Gasteiger partial charge in [0.15, 0.2) is 0 Å². The van der Waals surface area contributed by atoms with Crippen molar-refractivity contribution in [2.24, 2.45) is 5.92 Å². The summed E-state index contributed by atoms with van der Waals surface area (Å²) in [4.78, 5) is 13.3. The van der Waals surface area contributed by atoms with Gasteiger partial charge in [-0.15, -0.1) is 11.8 Å². The van der Waals surface area contributed by atoms with Gasteiger partial charge in [0.2, 0.25) is 5.91 Å². The molecule has 5 heteroatoms. The monoisotopic (exact) mass is 361 g/mol. The predicted molar refractivity (Wildman–Crippen MR) is 94.9 cm³/mol. The fraction of sp³-hybridized carbons (Fsp3) is 0.316. The molecule has 0 radical (unpaired) electrons. The molecule has 1 heterocycles. The van der Waals surface area contributed by atoms with Gasteiger partial charge in [0.25, 0.3) is 0 Å². The van der Waals surface area contributed by atoms with E-state index in [1.165, 1.54) is 17.8 Å². The SMILES string of the molecule is O=C(NC1CCSc2c(F)cccc21)C1CC1c1ccccc1Cl. The van der Waals surface area contributed by atoms with Crippen molar-refractivity contribution in [2.45, 2.75) is 29.7 Å². The molecule has 124 valence electrons. The molecule has 1 aliphatic carbocycles. The number of rotatable bonds is 3. The second kappa shape index (κ2) is 6.41. The first-order chi connectivity index (χ1) is 11.6. The molecule has 24 heavy (non-hydrogen) atoms. The summed E-state index contributed by atoms with van der Waals surface area (Å²) in [5.74, 6) is 0.835. The molecular formula is C19H17ClFNOS. The van der Waals surface area contributed by atoms with E-state index in [0.29, 0.717) is 4.90 Å². The lowest BCUT2D eigenvalue weighted by molar-refractivity contribution is -0.123. The first-order valence-electron chi connectivity index (χ1n) is 8.11. The Morgan fingerprint density at radius 3 is 2.79 bits per heavy atom. The molecule has 1 saturated carbocycles. The van der Waals surface area contributed by atoms with Crippen LogP contribution in [-0.4, -0.2) is 11.7 Å². The van der Waals surface area contributed by atoms with Crippen LogP contribution in [0.15, 0.2) is 47.4 Å². The van der Waals surface area contributed by atoms with Crippen LogP contribution >= 0.6 is 23.4 Å². The first-order valence-corrected chi connectivity index (χ1v) is 9.47. The van der Waals surface area contributed by atoms with Crippen molar-refractivity contribution in [1.29, 1.82) is 0 Å². The Balaban J connectivity index is 1.47. The molecule has 4 rings (SSSR count). The number of amides is 1. The van der Waals surface area contributed by atoms with Gasteiger partial charge in [-0.25, -0.2) is 4.39 Å². The molecule has 1 aliphatic heterocycles. The molecule has 3 atom stereocenters. The highest BCUT2D eigenvalue weighted by Crippen LogP contribution is 2.50. The molecule has 2 nitrogen and oxygen atoms in total. The van der Waals surface area contributed by atoms with E-state index in [0.717, 1.165) is 34.7 Å². The van der Waals surface area contributed by atoms with Crippen molar-refractivity contribution in [1.82, 2.24) is 5.32 Å². The third kappa shape index (κ3) is 2.93. The second-order valence-electron chi connectivity index (χ2n) is 6.33. The minimum atomic E-state index is -0.197. The number of fused-ring (bicyclic) bond motifs is 1. The van der Waals surface area contributed by atoms with Gasteiger partial charge in [-0.1, -0.05) is 41.9 Å². The van der Waals surface area contributed by atoms with Gasteiger partial charge in [0.1, 0.15) is 5.82 Å². The lowest BCUT2D eigenvalue weighted by Crippen LogP contribution is -2.32. The standard InChI is InChI=1S/C19H17ClFNOS/c20-15-6-2-1-4-11(15)13-10-14(13)19(23)22-17-8-9-24-18-12(17)5-3-7-16(18)21/h1-7,13-14,17H,8-10H2,(H,22,23). The minimum absolute atomic E-state index is 0.0310. The topological polar surface area (TPSA) is 29.1 Å². The van der Waals surface area contributed by atoms with Crippen LogP contribution in [0.5, 0.6) is 0 Å². The Morgan fingerprint density at radius 2 is 1.96 bits per heavy atom. The minimum Gasteiger partial charge on any atom is -0.349 e. The number of carbonyl (C=O) groups is 1. The Labute approximate surface area is 149 Å². The van der Waals surface area contributed by atoms with Gasteiger partial charge in [-0.05, 0) is 42.0 Å². The summed E-state index contributed by atoms with van der Waals surface area (Å²) in [5, 5.41) is 3.84. The molecule has 2 aromatic rings. The predicted octanol–water partition coefficient (Wildman–Crippen LogP) is 4.94. The molecule has 0 aromatic heterocycles. The van der Waals surface area contributed by atoms with Crippen LogP contribution < -0.4 is 5.32 Å². The van der Waals surface area contributed by atoms with Crippen LogP contribution in [0, 0.1) is 11.7 Å². The number of halogens is 2. The molecular weight excluding hydrogens is 345 g/mol. The van der Waals surface area contributed by atoms with Crippen molar-refractivity contribution in [2.75, 3.05) is 5.75 Å². The summed E-state index contributed by atoms with van der Waals surface area (Å²) in [5.41, 5.74) is 1.94. The summed E-state index contributed by atoms with van der Waals surface area (Å²) < 4.78 is 13.9. The molecule has 2 aromatic carbocycles. The van der Waals surface area contributed by atoms with Crippen molar-refractivity contribution in [3.63, 3.8) is 0 Å². The van der Waals surface area contributed by atoms with E-state index in [1.54, 1.807) is 6.07 Å². The summed E-state index contributed by atoms with van der Waals surface area (Å²) in [6.07, 6.45) is 1.66. The van der Waals surface area contributed by atoms with Crippen LogP contribution in [0.4, 0.5) is 4.39 Å². The van der Waals surface area contributed by atoms with Crippen molar-refractivity contribution < 1.29 is 9.18 Å². The van der Waals surface area contributed by atoms with Crippen LogP contribution in [0.2, 0.25) is 5.02 Å². The number of thioether (sulfide) groups is 1. The van der Waals surface area contributed by atoms with Crippen molar-refractivity contribution in [3.8, 4) is 0 Å². The highest BCUT2D eigenvalue weighted by atomic mass is 35.5. The van der Waals surface area contributed by atoms with Crippen LogP contribution in [0.3, 0.4) is 0 Å². The van der Waals surface area contributed by atoms with Gasteiger partial charge in [0, 0.05) is 21.6 Å². The van der Waals surface area contributed by atoms with E-state index in [2.05, 4.69) is 5.32 Å². The maximum Gasteiger partial charge on any atom is 0.224 e. The summed E-state index contributed by atoms with van der Waals surface area (Å²) >= 11 is 7.76. The molecule has 1 N–H and O–H groups in total. The van der Waals surface area contributed by atoms with Crippen LogP contribution in [0.1, 0.15) is 35.9 Å². The third-order valence-corrected chi connectivity index (χ3v) is 6.28. The number of nitrogens with one attached hydrogen (secondary N) is 1. The Morgan fingerprint density at radius 1 is 1.17 bits per heavy atom. The average Bonchev–Trinajstić information content (AvgIpc) is 3.37. The molecule has 0 saturated heterocycles. The van der Waals surface area contributed by atoms with Gasteiger partial charge < -0.3 is 5.32 Å². The molecule has 3 unspecified atom stereocenters. The lowest BCUT2D eigenvalue weighted by Gasteiger charge is -2.26. The number of benzene rings is 2. The molecule has 1 fully saturated rings. The average molecular weight is 362 g/mol. The van der Waals surface area contributed by atoms with E-state index >= 15 is 0 Å². The fourth-order valence-electron chi connectivity index (χ4n) is 3.42. The highest BCUT2D eigenvalue weighted by molar-refractivity contribution is 7.99. The zero-order valence-electron chi connectivity index (χ0n) is 13.0. The Bertz CT molecular complexity index is 797. The zero-order chi connectivity index (χ0) is 16.7. The smallest absolute Gasteiger partial charge is 0.224 e. The van der Waals surface area contributed by atoms with Gasteiger partial charge in [-0.3, -0.25) is 4.79 Å². The maximum atomic E-state index is 13.9.